The number of imidazole rings is 1. The fourth-order valence-corrected chi connectivity index (χ4v) is 3.72. The lowest BCUT2D eigenvalue weighted by Gasteiger charge is -2.29. The van der Waals surface area contributed by atoms with Crippen molar-refractivity contribution in [2.75, 3.05) is 44.7 Å². The van der Waals surface area contributed by atoms with Crippen LogP contribution in [0.15, 0.2) is 24.5 Å². The van der Waals surface area contributed by atoms with Gasteiger partial charge in [0.2, 0.25) is 0 Å². The van der Waals surface area contributed by atoms with E-state index in [1.54, 1.807) is 0 Å². The topological polar surface area (TPSA) is 35.8 Å². The fraction of sp³-hybridized carbons (Fsp3) is 0.588. The van der Waals surface area contributed by atoms with Crippen molar-refractivity contribution >= 4 is 11.3 Å². The van der Waals surface area contributed by atoms with Gasteiger partial charge in [0.1, 0.15) is 5.65 Å². The first-order valence-corrected chi connectivity index (χ1v) is 8.43. The highest BCUT2D eigenvalue weighted by Crippen LogP contribution is 2.21. The van der Waals surface area contributed by atoms with Crippen LogP contribution in [0.5, 0.6) is 0 Å². The number of hydrogen-bond donors (Lipinski definition) is 1. The van der Waals surface area contributed by atoms with Gasteiger partial charge in [0.25, 0.3) is 0 Å². The van der Waals surface area contributed by atoms with Crippen LogP contribution in [0.4, 0.5) is 5.69 Å². The number of aromatic nitrogens is 2. The van der Waals surface area contributed by atoms with Crippen molar-refractivity contribution in [3.05, 3.63) is 30.2 Å². The van der Waals surface area contributed by atoms with Crippen molar-refractivity contribution in [1.82, 2.24) is 19.6 Å². The lowest BCUT2D eigenvalue weighted by atomic mass is 10.1. The van der Waals surface area contributed by atoms with E-state index < -0.39 is 0 Å². The molecule has 0 aliphatic carbocycles. The zero-order valence-electron chi connectivity index (χ0n) is 13.3. The van der Waals surface area contributed by atoms with Gasteiger partial charge in [-0.25, -0.2) is 4.98 Å². The van der Waals surface area contributed by atoms with E-state index in [0.717, 1.165) is 38.2 Å². The summed E-state index contributed by atoms with van der Waals surface area (Å²) in [5.41, 5.74) is 3.59. The van der Waals surface area contributed by atoms with Crippen LogP contribution in [0, 0.1) is 0 Å². The summed E-state index contributed by atoms with van der Waals surface area (Å²) >= 11 is 0. The number of likely N-dealkylation sites (N-methyl/N-ethyl adjacent to an activating group) is 1. The summed E-state index contributed by atoms with van der Waals surface area (Å²) < 4.78 is 2.16. The summed E-state index contributed by atoms with van der Waals surface area (Å²) in [4.78, 5) is 9.77. The zero-order valence-corrected chi connectivity index (χ0v) is 13.3. The molecule has 2 aromatic rings. The normalized spacial score (nSPS) is 23.5. The van der Waals surface area contributed by atoms with Gasteiger partial charge in [-0.05, 0) is 32.5 Å². The summed E-state index contributed by atoms with van der Waals surface area (Å²) in [5.74, 6) is 0. The molecule has 2 saturated heterocycles. The molecule has 2 aromatic heterocycles. The predicted octanol–water partition coefficient (Wildman–Crippen LogP) is 1.38. The molecule has 1 atom stereocenters. The Labute approximate surface area is 131 Å². The van der Waals surface area contributed by atoms with Crippen molar-refractivity contribution in [2.45, 2.75) is 25.3 Å². The van der Waals surface area contributed by atoms with E-state index in [0.29, 0.717) is 6.04 Å². The smallest absolute Gasteiger partial charge is 0.139 e. The predicted molar refractivity (Wildman–Crippen MR) is 89.6 cm³/mol. The standard InChI is InChI=1S/C17H25N5/c1-20-7-2-3-15(20)11-14-13-22-8-4-16(12-17(22)19-14)21-9-5-18-6-10-21/h4,8,12-13,15,18H,2-3,5-7,9-11H2,1H3. The second kappa shape index (κ2) is 5.89. The van der Waals surface area contributed by atoms with Crippen LogP contribution in [0.1, 0.15) is 18.5 Å². The van der Waals surface area contributed by atoms with E-state index in [1.807, 2.05) is 0 Å². The maximum atomic E-state index is 4.86. The lowest BCUT2D eigenvalue weighted by molar-refractivity contribution is 0.308. The first-order valence-electron chi connectivity index (χ1n) is 8.43. The minimum Gasteiger partial charge on any atom is -0.369 e. The van der Waals surface area contributed by atoms with Gasteiger partial charge < -0.3 is 19.5 Å². The van der Waals surface area contributed by atoms with Crippen molar-refractivity contribution in [1.29, 1.82) is 0 Å². The largest absolute Gasteiger partial charge is 0.369 e. The molecule has 0 spiro atoms. The molecule has 0 bridgehead atoms. The maximum absolute atomic E-state index is 4.86. The average Bonchev–Trinajstić information content (AvgIpc) is 3.14. The first kappa shape index (κ1) is 14.0. The van der Waals surface area contributed by atoms with Gasteiger partial charge in [-0.2, -0.15) is 0 Å². The molecule has 2 fully saturated rings. The molecule has 1 unspecified atom stereocenters. The second-order valence-corrected chi connectivity index (χ2v) is 6.60. The minimum absolute atomic E-state index is 0.664. The van der Waals surface area contributed by atoms with Crippen LogP contribution < -0.4 is 10.2 Å². The highest BCUT2D eigenvalue weighted by atomic mass is 15.2. The van der Waals surface area contributed by atoms with Crippen molar-refractivity contribution in [2.24, 2.45) is 0 Å². The van der Waals surface area contributed by atoms with Crippen LogP contribution in [0.3, 0.4) is 0 Å². The minimum atomic E-state index is 0.664. The van der Waals surface area contributed by atoms with Crippen LogP contribution in [0.25, 0.3) is 5.65 Å². The van der Waals surface area contributed by atoms with Gasteiger partial charge in [0, 0.05) is 62.8 Å². The van der Waals surface area contributed by atoms with E-state index in [-0.39, 0.29) is 0 Å². The van der Waals surface area contributed by atoms with E-state index in [2.05, 4.69) is 51.1 Å². The zero-order chi connectivity index (χ0) is 14.9. The van der Waals surface area contributed by atoms with E-state index in [1.165, 1.54) is 30.8 Å². The summed E-state index contributed by atoms with van der Waals surface area (Å²) in [5, 5.41) is 3.40. The summed E-state index contributed by atoms with van der Waals surface area (Å²) in [7, 11) is 2.23. The Morgan fingerprint density at radius 1 is 1.27 bits per heavy atom. The number of nitrogens with zero attached hydrogens (tertiary/aromatic N) is 4. The molecule has 118 valence electrons. The van der Waals surface area contributed by atoms with Gasteiger partial charge in [-0.3, -0.25) is 0 Å². The summed E-state index contributed by atoms with van der Waals surface area (Å²) in [6, 6.07) is 5.11. The van der Waals surface area contributed by atoms with E-state index in [4.69, 9.17) is 4.98 Å². The number of pyridine rings is 1. The first-order chi connectivity index (χ1) is 10.8. The van der Waals surface area contributed by atoms with E-state index >= 15 is 0 Å². The SMILES string of the molecule is CN1CCCC1Cc1cn2ccc(N3CCNCC3)cc2n1. The van der Waals surface area contributed by atoms with E-state index in [9.17, 15) is 0 Å². The molecule has 0 aromatic carbocycles. The van der Waals surface area contributed by atoms with Crippen LogP contribution in [-0.4, -0.2) is 60.1 Å². The van der Waals surface area contributed by atoms with Crippen LogP contribution in [0.2, 0.25) is 0 Å². The molecule has 4 rings (SSSR count). The molecule has 1 N–H and O–H groups in total. The molecular weight excluding hydrogens is 274 g/mol. The number of fused-ring (bicyclic) bond motifs is 1. The number of likely N-dealkylation sites (tertiary alicyclic amines) is 1. The van der Waals surface area contributed by atoms with Crippen molar-refractivity contribution in [3.63, 3.8) is 0 Å². The summed E-state index contributed by atoms with van der Waals surface area (Å²) in [6.07, 6.45) is 8.05. The fourth-order valence-electron chi connectivity index (χ4n) is 3.72. The van der Waals surface area contributed by atoms with Gasteiger partial charge >= 0.3 is 0 Å². The van der Waals surface area contributed by atoms with Gasteiger partial charge in [0.05, 0.1) is 5.69 Å². The molecule has 4 heterocycles. The Morgan fingerprint density at radius 2 is 2.14 bits per heavy atom. The maximum Gasteiger partial charge on any atom is 0.139 e. The Balaban J connectivity index is 1.55. The third-order valence-electron chi connectivity index (χ3n) is 5.09. The second-order valence-electron chi connectivity index (χ2n) is 6.60. The quantitative estimate of drug-likeness (QED) is 0.929. The monoisotopic (exact) mass is 299 g/mol. The molecule has 22 heavy (non-hydrogen) atoms. The molecule has 5 nitrogen and oxygen atoms in total. The number of anilines is 1. The number of nitrogens with one attached hydrogen (secondary N) is 1. The molecule has 5 heteroatoms. The van der Waals surface area contributed by atoms with Crippen molar-refractivity contribution < 1.29 is 0 Å². The van der Waals surface area contributed by atoms with Crippen LogP contribution in [-0.2, 0) is 6.42 Å². The Kier molecular flexibility index (Phi) is 3.76. The lowest BCUT2D eigenvalue weighted by Crippen LogP contribution is -2.43. The summed E-state index contributed by atoms with van der Waals surface area (Å²) in [6.45, 7) is 5.52. The number of rotatable bonds is 3. The third-order valence-corrected chi connectivity index (χ3v) is 5.09. The number of piperazine rings is 1. The molecular formula is C17H25N5. The molecule has 0 saturated carbocycles. The highest BCUT2D eigenvalue weighted by Gasteiger charge is 2.22. The van der Waals surface area contributed by atoms with Crippen molar-refractivity contribution in [3.8, 4) is 0 Å². The molecule has 0 radical (unpaired) electrons. The average molecular weight is 299 g/mol. The van der Waals surface area contributed by atoms with Gasteiger partial charge in [0.15, 0.2) is 0 Å². The molecule has 2 aliphatic rings. The molecule has 2 aliphatic heterocycles. The third kappa shape index (κ3) is 2.71. The molecule has 0 amide bonds. The van der Waals surface area contributed by atoms with Crippen LogP contribution >= 0.6 is 0 Å². The Morgan fingerprint density at radius 3 is 2.91 bits per heavy atom. The highest BCUT2D eigenvalue weighted by molar-refractivity contribution is 5.57. The van der Waals surface area contributed by atoms with Gasteiger partial charge in [-0.1, -0.05) is 0 Å². The van der Waals surface area contributed by atoms with Gasteiger partial charge in [-0.15, -0.1) is 0 Å². The number of hydrogen-bond acceptors (Lipinski definition) is 4. The Hall–Kier alpha value is -1.59. The Bertz CT molecular complexity index is 644.